The first-order valence-corrected chi connectivity index (χ1v) is 15.3. The third kappa shape index (κ3) is 3.96. The number of fused-ring (bicyclic) bond motifs is 4. The summed E-state index contributed by atoms with van der Waals surface area (Å²) in [7, 11) is 0. The number of furan rings is 1. The van der Waals surface area contributed by atoms with E-state index in [4.69, 9.17) is 14.0 Å². The Labute approximate surface area is 279 Å². The van der Waals surface area contributed by atoms with Gasteiger partial charge in [0.25, 0.3) is 0 Å². The van der Waals surface area contributed by atoms with E-state index in [0.29, 0.717) is 33.6 Å². The van der Waals surface area contributed by atoms with E-state index in [0.717, 1.165) is 43.3 Å². The molecule has 3 heteroatoms. The van der Waals surface area contributed by atoms with Crippen LogP contribution in [0.25, 0.3) is 76.2 Å². The summed E-state index contributed by atoms with van der Waals surface area (Å²) in [4.78, 5) is 1.96. The molecule has 0 aliphatic heterocycles. The highest BCUT2D eigenvalue weighted by Crippen LogP contribution is 2.46. The molecule has 1 heterocycles. The van der Waals surface area contributed by atoms with Gasteiger partial charge in [0.15, 0.2) is 0 Å². The van der Waals surface area contributed by atoms with Crippen LogP contribution in [0.5, 0.6) is 0 Å². The maximum absolute atomic E-state index is 16.4. The van der Waals surface area contributed by atoms with Gasteiger partial charge in [-0.05, 0) is 80.5 Å². The average Bonchev–Trinajstić information content (AvgIpc) is 3.56. The van der Waals surface area contributed by atoms with Crippen molar-refractivity contribution < 1.29 is 18.4 Å². The standard InChI is InChI=1S/C44H26FNO/c45-39-26-40(38-22-17-30-9-5-8-29-16-21-37(39)44(38)43(29)30)46(34-20-23-36-35-10-3-4-11-41(35)47-42(36)25-34)33-18-14-28(15-19-33)32-13-12-27-6-1-2-7-31(27)24-32/h1-26H/i1D,2D,6D,7D,12D,13D,24D. The predicted molar refractivity (Wildman–Crippen MR) is 195 cm³/mol. The molecule has 10 aromatic rings. The van der Waals surface area contributed by atoms with Gasteiger partial charge in [-0.15, -0.1) is 0 Å². The Balaban J connectivity index is 1.22. The zero-order valence-electron chi connectivity index (χ0n) is 31.7. The third-order valence-electron chi connectivity index (χ3n) is 9.10. The molecule has 0 fully saturated rings. The number of nitrogens with zero attached hydrogens (tertiary/aromatic N) is 1. The van der Waals surface area contributed by atoms with Crippen LogP contribution in [0, 0.1) is 5.82 Å². The van der Waals surface area contributed by atoms with Gasteiger partial charge >= 0.3 is 0 Å². The van der Waals surface area contributed by atoms with Gasteiger partial charge < -0.3 is 9.32 Å². The number of rotatable bonds is 4. The Morgan fingerprint density at radius 2 is 1.23 bits per heavy atom. The van der Waals surface area contributed by atoms with Crippen molar-refractivity contribution in [2.24, 2.45) is 0 Å². The van der Waals surface area contributed by atoms with E-state index in [1.807, 2.05) is 89.8 Å². The Hall–Kier alpha value is -6.19. The number of anilines is 3. The molecular weight excluding hydrogens is 577 g/mol. The molecule has 0 aliphatic carbocycles. The van der Waals surface area contributed by atoms with Gasteiger partial charge in [0.2, 0.25) is 0 Å². The van der Waals surface area contributed by atoms with Gasteiger partial charge in [-0.1, -0.05) is 109 Å². The van der Waals surface area contributed by atoms with Crippen molar-refractivity contribution in [1.82, 2.24) is 0 Å². The molecule has 0 amide bonds. The zero-order chi connectivity index (χ0) is 37.2. The summed E-state index contributed by atoms with van der Waals surface area (Å²) in [6, 6.07) is 33.4. The van der Waals surface area contributed by atoms with Gasteiger partial charge in [-0.3, -0.25) is 0 Å². The second-order valence-corrected chi connectivity index (χ2v) is 11.7. The van der Waals surface area contributed by atoms with Crippen LogP contribution in [0.3, 0.4) is 0 Å². The van der Waals surface area contributed by atoms with E-state index in [1.165, 1.54) is 0 Å². The number of para-hydroxylation sites is 1. The lowest BCUT2D eigenvalue weighted by atomic mass is 9.92. The van der Waals surface area contributed by atoms with Crippen molar-refractivity contribution in [3.8, 4) is 11.1 Å². The number of halogens is 1. The normalized spacial score (nSPS) is 14.0. The van der Waals surface area contributed by atoms with Crippen LogP contribution in [-0.4, -0.2) is 0 Å². The molecule has 47 heavy (non-hydrogen) atoms. The second kappa shape index (κ2) is 9.90. The molecule has 0 saturated carbocycles. The van der Waals surface area contributed by atoms with Gasteiger partial charge in [0.05, 0.1) is 15.3 Å². The SMILES string of the molecule is [2H]c1c([2H])c([2H])c2c([2H])c(-c3ccc(N(c4ccc5c(c4)oc4ccccc45)c4cc(F)c5ccc6cccc7ccc4c5c67)cc3)c([2H])c([2H])c2c1[2H]. The van der Waals surface area contributed by atoms with Crippen LogP contribution < -0.4 is 4.90 Å². The molecule has 0 spiro atoms. The van der Waals surface area contributed by atoms with E-state index in [2.05, 4.69) is 0 Å². The molecule has 0 atom stereocenters. The minimum Gasteiger partial charge on any atom is -0.456 e. The lowest BCUT2D eigenvalue weighted by molar-refractivity contribution is 0.640. The quantitative estimate of drug-likeness (QED) is 0.184. The fourth-order valence-electron chi connectivity index (χ4n) is 6.94. The van der Waals surface area contributed by atoms with E-state index >= 15 is 4.39 Å². The molecule has 0 unspecified atom stereocenters. The molecule has 0 radical (unpaired) electrons. The number of hydrogen-bond donors (Lipinski definition) is 0. The second-order valence-electron chi connectivity index (χ2n) is 11.7. The first kappa shape index (κ1) is 20.0. The molecule has 0 bridgehead atoms. The van der Waals surface area contributed by atoms with Gasteiger partial charge in [-0.25, -0.2) is 4.39 Å². The maximum Gasteiger partial charge on any atom is 0.137 e. The minimum absolute atomic E-state index is 0.0769. The summed E-state index contributed by atoms with van der Waals surface area (Å²) < 4.78 is 82.5. The summed E-state index contributed by atoms with van der Waals surface area (Å²) in [5, 5.41) is 6.83. The Morgan fingerprint density at radius 3 is 2.09 bits per heavy atom. The maximum atomic E-state index is 16.4. The predicted octanol–water partition coefficient (Wildman–Crippen LogP) is 12.9. The van der Waals surface area contributed by atoms with Gasteiger partial charge in [0, 0.05) is 44.4 Å². The number of hydrogen-bond acceptors (Lipinski definition) is 2. The highest BCUT2D eigenvalue weighted by atomic mass is 19.1. The van der Waals surface area contributed by atoms with E-state index in [9.17, 15) is 0 Å². The highest BCUT2D eigenvalue weighted by Gasteiger charge is 2.22. The van der Waals surface area contributed by atoms with E-state index < -0.39 is 24.2 Å². The lowest BCUT2D eigenvalue weighted by Gasteiger charge is -2.28. The van der Waals surface area contributed by atoms with Crippen LogP contribution >= 0.6 is 0 Å². The number of benzene rings is 9. The van der Waals surface area contributed by atoms with Gasteiger partial charge in [0.1, 0.15) is 17.0 Å². The van der Waals surface area contributed by atoms with Crippen LogP contribution in [-0.2, 0) is 0 Å². The fourth-order valence-corrected chi connectivity index (χ4v) is 6.94. The smallest absolute Gasteiger partial charge is 0.137 e. The third-order valence-corrected chi connectivity index (χ3v) is 9.10. The summed E-state index contributed by atoms with van der Waals surface area (Å²) >= 11 is 0. The van der Waals surface area contributed by atoms with Crippen LogP contribution in [0.4, 0.5) is 21.5 Å². The summed E-state index contributed by atoms with van der Waals surface area (Å²) in [6.45, 7) is 0. The van der Waals surface area contributed by atoms with Crippen molar-refractivity contribution in [2.75, 3.05) is 4.90 Å². The molecular formula is C44H26FNO. The largest absolute Gasteiger partial charge is 0.456 e. The first-order valence-electron chi connectivity index (χ1n) is 18.8. The molecule has 0 saturated heterocycles. The molecule has 10 rings (SSSR count). The average molecular weight is 611 g/mol. The highest BCUT2D eigenvalue weighted by molar-refractivity contribution is 6.26. The van der Waals surface area contributed by atoms with Crippen molar-refractivity contribution in [2.45, 2.75) is 0 Å². The topological polar surface area (TPSA) is 16.4 Å². The first-order chi connectivity index (χ1) is 26.1. The molecule has 220 valence electrons. The Kier molecular flexibility index (Phi) is 4.22. The fraction of sp³-hybridized carbons (Fsp3) is 0. The van der Waals surface area contributed by atoms with Crippen LogP contribution in [0.15, 0.2) is 162 Å². The van der Waals surface area contributed by atoms with Crippen LogP contribution in [0.1, 0.15) is 9.60 Å². The van der Waals surface area contributed by atoms with Crippen molar-refractivity contribution in [1.29, 1.82) is 0 Å². The zero-order valence-corrected chi connectivity index (χ0v) is 24.7. The molecule has 1 aromatic heterocycles. The lowest BCUT2D eigenvalue weighted by Crippen LogP contribution is -2.11. The molecule has 2 nitrogen and oxygen atoms in total. The molecule has 9 aromatic carbocycles. The Morgan fingerprint density at radius 1 is 0.511 bits per heavy atom. The Bertz CT molecular complexity index is 3200. The van der Waals surface area contributed by atoms with E-state index in [-0.39, 0.29) is 40.3 Å². The van der Waals surface area contributed by atoms with E-state index in [1.54, 1.807) is 30.3 Å². The van der Waals surface area contributed by atoms with Crippen molar-refractivity contribution in [3.05, 3.63) is 163 Å². The summed E-state index contributed by atoms with van der Waals surface area (Å²) in [5.41, 5.74) is 3.87. The monoisotopic (exact) mass is 610 g/mol. The summed E-state index contributed by atoms with van der Waals surface area (Å²) in [5.74, 6) is -0.372. The molecule has 0 N–H and O–H groups in total. The molecule has 0 aliphatic rings. The summed E-state index contributed by atoms with van der Waals surface area (Å²) in [6.07, 6.45) is 0. The van der Waals surface area contributed by atoms with Crippen molar-refractivity contribution in [3.63, 3.8) is 0 Å². The van der Waals surface area contributed by atoms with Gasteiger partial charge in [-0.2, -0.15) is 0 Å². The van der Waals surface area contributed by atoms with Crippen molar-refractivity contribution >= 4 is 82.1 Å². The van der Waals surface area contributed by atoms with Crippen LogP contribution in [0.2, 0.25) is 0 Å². The minimum atomic E-state index is -0.513.